The molecule has 0 atom stereocenters. The van der Waals surface area contributed by atoms with Gasteiger partial charge in [0.1, 0.15) is 6.10 Å². The molecule has 0 aromatic rings. The van der Waals surface area contributed by atoms with Crippen LogP contribution in [0.2, 0.25) is 0 Å². The van der Waals surface area contributed by atoms with Gasteiger partial charge in [-0.3, -0.25) is 0 Å². The van der Waals surface area contributed by atoms with Gasteiger partial charge in [-0.05, 0) is 12.8 Å². The molecule has 2 aliphatic rings. The lowest BCUT2D eigenvalue weighted by Gasteiger charge is -2.34. The number of nitrogens with zero attached hydrogens (tertiary/aromatic N) is 1. The Labute approximate surface area is 83.6 Å². The van der Waals surface area contributed by atoms with Crippen LogP contribution in [0.1, 0.15) is 12.8 Å². The van der Waals surface area contributed by atoms with E-state index in [1.807, 2.05) is 0 Å². The van der Waals surface area contributed by atoms with Crippen LogP contribution in [-0.2, 0) is 4.74 Å². The van der Waals surface area contributed by atoms with Crippen molar-refractivity contribution in [2.75, 3.05) is 26.2 Å². The van der Waals surface area contributed by atoms with Gasteiger partial charge in [0.25, 0.3) is 0 Å². The quantitative estimate of drug-likeness (QED) is 0.598. The van der Waals surface area contributed by atoms with Gasteiger partial charge in [0.15, 0.2) is 0 Å². The molecule has 1 saturated carbocycles. The molecule has 5 nitrogen and oxygen atoms in total. The molecule has 5 heteroatoms. The van der Waals surface area contributed by atoms with E-state index >= 15 is 0 Å². The Kier molecular flexibility index (Phi) is 2.88. The molecule has 0 aromatic carbocycles. The van der Waals surface area contributed by atoms with Gasteiger partial charge < -0.3 is 20.7 Å². The highest BCUT2D eigenvalue weighted by molar-refractivity contribution is 5.68. The molecule has 2 rings (SSSR count). The number of nitrogens with one attached hydrogen (secondary N) is 1. The molecule has 0 radical (unpaired) electrons. The Morgan fingerprint density at radius 2 is 2.00 bits per heavy atom. The summed E-state index contributed by atoms with van der Waals surface area (Å²) in [7, 11) is 0. The lowest BCUT2D eigenvalue weighted by molar-refractivity contribution is 0.0162. The number of carbonyl (C=O) groups excluding carboxylic acids is 1. The zero-order valence-electron chi connectivity index (χ0n) is 8.24. The maximum absolute atomic E-state index is 11.5. The highest BCUT2D eigenvalue weighted by atomic mass is 16.6. The lowest BCUT2D eigenvalue weighted by Crippen LogP contribution is -2.50. The third-order valence-electron chi connectivity index (χ3n) is 2.77. The van der Waals surface area contributed by atoms with Crippen LogP contribution in [0, 0.1) is 0 Å². The van der Waals surface area contributed by atoms with Gasteiger partial charge >= 0.3 is 6.09 Å². The Hall–Kier alpha value is -0.810. The van der Waals surface area contributed by atoms with Crippen LogP contribution in [0.25, 0.3) is 0 Å². The van der Waals surface area contributed by atoms with E-state index < -0.39 is 0 Å². The van der Waals surface area contributed by atoms with Crippen LogP contribution >= 0.6 is 0 Å². The third kappa shape index (κ3) is 2.16. The molecule has 2 fully saturated rings. The number of ether oxygens (including phenoxy) is 1. The molecule has 1 heterocycles. The predicted molar refractivity (Wildman–Crippen MR) is 51.9 cm³/mol. The van der Waals surface area contributed by atoms with Gasteiger partial charge in [0.2, 0.25) is 0 Å². The highest BCUT2D eigenvalue weighted by Gasteiger charge is 2.31. The first-order valence-corrected chi connectivity index (χ1v) is 5.17. The Morgan fingerprint density at radius 1 is 1.36 bits per heavy atom. The van der Waals surface area contributed by atoms with Crippen LogP contribution in [0.3, 0.4) is 0 Å². The van der Waals surface area contributed by atoms with Crippen molar-refractivity contribution in [3.8, 4) is 0 Å². The predicted octanol–water partition coefficient (Wildman–Crippen LogP) is -0.482. The van der Waals surface area contributed by atoms with Crippen molar-refractivity contribution < 1.29 is 9.53 Å². The van der Waals surface area contributed by atoms with E-state index in [1.54, 1.807) is 4.90 Å². The van der Waals surface area contributed by atoms with Crippen LogP contribution in [0.5, 0.6) is 0 Å². The number of rotatable bonds is 1. The van der Waals surface area contributed by atoms with Gasteiger partial charge in [-0.15, -0.1) is 0 Å². The van der Waals surface area contributed by atoms with E-state index in [2.05, 4.69) is 5.32 Å². The molecule has 3 N–H and O–H groups in total. The van der Waals surface area contributed by atoms with E-state index in [0.29, 0.717) is 0 Å². The molecular formula is C9H17N3O2. The van der Waals surface area contributed by atoms with Crippen LogP contribution in [0.4, 0.5) is 4.79 Å². The SMILES string of the molecule is NC1CC(OC(=O)N2CCNCC2)C1. The van der Waals surface area contributed by atoms with Crippen molar-refractivity contribution in [3.63, 3.8) is 0 Å². The van der Waals surface area contributed by atoms with Crippen molar-refractivity contribution in [3.05, 3.63) is 0 Å². The van der Waals surface area contributed by atoms with E-state index in [4.69, 9.17) is 10.5 Å². The van der Waals surface area contributed by atoms with Gasteiger partial charge in [-0.25, -0.2) is 4.79 Å². The number of hydrogen-bond donors (Lipinski definition) is 2. The standard InChI is InChI=1S/C9H17N3O2/c10-7-5-8(6-7)14-9(13)12-3-1-11-2-4-12/h7-8,11H,1-6,10H2. The number of carbonyl (C=O) groups is 1. The minimum Gasteiger partial charge on any atom is -0.446 e. The summed E-state index contributed by atoms with van der Waals surface area (Å²) >= 11 is 0. The number of amides is 1. The van der Waals surface area contributed by atoms with Crippen LogP contribution in [0.15, 0.2) is 0 Å². The molecule has 0 aromatic heterocycles. The van der Waals surface area contributed by atoms with E-state index in [9.17, 15) is 4.79 Å². The second kappa shape index (κ2) is 4.14. The summed E-state index contributed by atoms with van der Waals surface area (Å²) in [5.41, 5.74) is 5.61. The van der Waals surface area contributed by atoms with Crippen LogP contribution in [-0.4, -0.2) is 49.3 Å². The Morgan fingerprint density at radius 3 is 2.57 bits per heavy atom. The fraction of sp³-hybridized carbons (Fsp3) is 0.889. The van der Waals surface area contributed by atoms with Gasteiger partial charge in [0.05, 0.1) is 0 Å². The zero-order valence-corrected chi connectivity index (χ0v) is 8.24. The average molecular weight is 199 g/mol. The van der Waals surface area contributed by atoms with Gasteiger partial charge in [-0.2, -0.15) is 0 Å². The average Bonchev–Trinajstić information content (AvgIpc) is 2.17. The first kappa shape index (κ1) is 9.73. The molecule has 14 heavy (non-hydrogen) atoms. The summed E-state index contributed by atoms with van der Waals surface area (Å²) in [6, 6.07) is 0.232. The molecule has 1 aliphatic heterocycles. The third-order valence-corrected chi connectivity index (χ3v) is 2.77. The summed E-state index contributed by atoms with van der Waals surface area (Å²) in [5, 5.41) is 3.19. The first-order valence-electron chi connectivity index (χ1n) is 5.17. The molecule has 0 spiro atoms. The molecule has 80 valence electrons. The Balaban J connectivity index is 1.71. The molecular weight excluding hydrogens is 182 g/mol. The zero-order chi connectivity index (χ0) is 9.97. The van der Waals surface area contributed by atoms with Crippen LogP contribution < -0.4 is 11.1 Å². The smallest absolute Gasteiger partial charge is 0.410 e. The molecule has 1 saturated heterocycles. The summed E-state index contributed by atoms with van der Waals surface area (Å²) in [6.07, 6.45) is 1.52. The first-order chi connectivity index (χ1) is 6.75. The van der Waals surface area contributed by atoms with E-state index in [1.165, 1.54) is 0 Å². The normalized spacial score (nSPS) is 32.2. The fourth-order valence-electron chi connectivity index (χ4n) is 1.77. The largest absolute Gasteiger partial charge is 0.446 e. The Bertz CT molecular complexity index is 210. The second-order valence-corrected chi connectivity index (χ2v) is 3.97. The van der Waals surface area contributed by atoms with E-state index in [0.717, 1.165) is 39.0 Å². The summed E-state index contributed by atoms with van der Waals surface area (Å²) in [5.74, 6) is 0. The van der Waals surface area contributed by atoms with Crippen molar-refractivity contribution in [2.24, 2.45) is 5.73 Å². The second-order valence-electron chi connectivity index (χ2n) is 3.97. The van der Waals surface area contributed by atoms with Crippen molar-refractivity contribution >= 4 is 6.09 Å². The summed E-state index contributed by atoms with van der Waals surface area (Å²) < 4.78 is 5.28. The number of hydrogen-bond acceptors (Lipinski definition) is 4. The molecule has 1 aliphatic carbocycles. The van der Waals surface area contributed by atoms with Gasteiger partial charge in [-0.1, -0.05) is 0 Å². The molecule has 0 unspecified atom stereocenters. The molecule has 1 amide bonds. The van der Waals surface area contributed by atoms with Crippen molar-refractivity contribution in [1.29, 1.82) is 0 Å². The van der Waals surface area contributed by atoms with Crippen molar-refractivity contribution in [1.82, 2.24) is 10.2 Å². The number of nitrogens with two attached hydrogens (primary N) is 1. The minimum atomic E-state index is -0.177. The van der Waals surface area contributed by atoms with Gasteiger partial charge in [0, 0.05) is 32.2 Å². The topological polar surface area (TPSA) is 67.6 Å². The fourth-order valence-corrected chi connectivity index (χ4v) is 1.77. The van der Waals surface area contributed by atoms with E-state index in [-0.39, 0.29) is 18.2 Å². The van der Waals surface area contributed by atoms with Crippen molar-refractivity contribution in [2.45, 2.75) is 25.0 Å². The minimum absolute atomic E-state index is 0.0624. The number of piperazine rings is 1. The monoisotopic (exact) mass is 199 g/mol. The lowest BCUT2D eigenvalue weighted by atomic mass is 9.90. The maximum atomic E-state index is 11.5. The highest BCUT2D eigenvalue weighted by Crippen LogP contribution is 2.21. The summed E-state index contributed by atoms with van der Waals surface area (Å²) in [6.45, 7) is 3.22. The summed E-state index contributed by atoms with van der Waals surface area (Å²) in [4.78, 5) is 13.3. The maximum Gasteiger partial charge on any atom is 0.410 e. The molecule has 0 bridgehead atoms.